The van der Waals surface area contributed by atoms with E-state index in [1.165, 1.54) is 48.4 Å². The van der Waals surface area contributed by atoms with Crippen LogP contribution in [0.4, 0.5) is 0 Å². The lowest BCUT2D eigenvalue weighted by Crippen LogP contribution is -1.86. The standard InChI is InChI=1S/C18H20/c1-2-3-4-5-6-7-10-16-13-14-17-11-8-9-12-18(17)15-16/h1,8-9,11-15H,3-7,10H2. The maximum Gasteiger partial charge on any atom is 0.00860 e. The van der Waals surface area contributed by atoms with E-state index in [0.717, 1.165) is 6.42 Å². The zero-order chi connectivity index (χ0) is 12.6. The van der Waals surface area contributed by atoms with Gasteiger partial charge in [-0.3, -0.25) is 0 Å². The molecule has 0 radical (unpaired) electrons. The van der Waals surface area contributed by atoms with Gasteiger partial charge >= 0.3 is 0 Å². The predicted octanol–water partition coefficient (Wildman–Crippen LogP) is 4.97. The highest BCUT2D eigenvalue weighted by Crippen LogP contribution is 2.17. The van der Waals surface area contributed by atoms with Gasteiger partial charge in [-0.25, -0.2) is 0 Å². The number of unbranched alkanes of at least 4 members (excludes halogenated alkanes) is 4. The average Bonchev–Trinajstić information content (AvgIpc) is 2.42. The van der Waals surface area contributed by atoms with Crippen LogP contribution in [-0.2, 0) is 6.42 Å². The lowest BCUT2D eigenvalue weighted by molar-refractivity contribution is 0.650. The van der Waals surface area contributed by atoms with Crippen molar-refractivity contribution >= 4 is 10.8 Å². The summed E-state index contributed by atoms with van der Waals surface area (Å²) in [5.74, 6) is 2.70. The number of benzene rings is 2. The molecule has 2 aromatic rings. The third-order valence-electron chi connectivity index (χ3n) is 3.35. The average molecular weight is 236 g/mol. The summed E-state index contributed by atoms with van der Waals surface area (Å²) in [7, 11) is 0. The van der Waals surface area contributed by atoms with Gasteiger partial charge < -0.3 is 0 Å². The largest absolute Gasteiger partial charge is 0.120 e. The fourth-order valence-electron chi connectivity index (χ4n) is 2.30. The molecule has 0 heterocycles. The topological polar surface area (TPSA) is 0 Å². The van der Waals surface area contributed by atoms with Gasteiger partial charge in [0.15, 0.2) is 0 Å². The molecule has 18 heavy (non-hydrogen) atoms. The zero-order valence-electron chi connectivity index (χ0n) is 10.9. The first-order valence-electron chi connectivity index (χ1n) is 6.81. The van der Waals surface area contributed by atoms with E-state index in [2.05, 4.69) is 48.4 Å². The number of aryl methyl sites for hydroxylation is 1. The van der Waals surface area contributed by atoms with Crippen molar-refractivity contribution in [2.45, 2.75) is 38.5 Å². The molecule has 0 saturated heterocycles. The number of hydrogen-bond acceptors (Lipinski definition) is 0. The van der Waals surface area contributed by atoms with Gasteiger partial charge in [0, 0.05) is 6.42 Å². The minimum Gasteiger partial charge on any atom is -0.120 e. The number of terminal acetylenes is 1. The highest BCUT2D eigenvalue weighted by molar-refractivity contribution is 5.82. The van der Waals surface area contributed by atoms with Gasteiger partial charge in [-0.2, -0.15) is 0 Å². The van der Waals surface area contributed by atoms with Crippen LogP contribution in [0.3, 0.4) is 0 Å². The van der Waals surface area contributed by atoms with E-state index in [1.54, 1.807) is 0 Å². The summed E-state index contributed by atoms with van der Waals surface area (Å²) < 4.78 is 0. The fourth-order valence-corrected chi connectivity index (χ4v) is 2.30. The molecule has 0 bridgehead atoms. The molecule has 0 aliphatic carbocycles. The summed E-state index contributed by atoms with van der Waals surface area (Å²) >= 11 is 0. The van der Waals surface area contributed by atoms with Crippen molar-refractivity contribution in [3.05, 3.63) is 48.0 Å². The van der Waals surface area contributed by atoms with E-state index < -0.39 is 0 Å². The third kappa shape index (κ3) is 3.64. The lowest BCUT2D eigenvalue weighted by Gasteiger charge is -2.04. The zero-order valence-corrected chi connectivity index (χ0v) is 10.9. The minimum absolute atomic E-state index is 0.927. The summed E-state index contributed by atoms with van der Waals surface area (Å²) in [6.45, 7) is 0. The summed E-state index contributed by atoms with van der Waals surface area (Å²) in [5.41, 5.74) is 1.45. The van der Waals surface area contributed by atoms with E-state index in [-0.39, 0.29) is 0 Å². The minimum atomic E-state index is 0.927. The van der Waals surface area contributed by atoms with Gasteiger partial charge in [0.1, 0.15) is 0 Å². The molecular weight excluding hydrogens is 216 g/mol. The van der Waals surface area contributed by atoms with Crippen molar-refractivity contribution in [1.29, 1.82) is 0 Å². The van der Waals surface area contributed by atoms with Gasteiger partial charge in [-0.1, -0.05) is 55.3 Å². The second-order valence-electron chi connectivity index (χ2n) is 4.80. The molecular formula is C18H20. The molecule has 0 heteroatoms. The lowest BCUT2D eigenvalue weighted by atomic mass is 10.0. The Morgan fingerprint density at radius 2 is 1.61 bits per heavy atom. The molecule has 0 aromatic heterocycles. The second kappa shape index (κ2) is 6.87. The van der Waals surface area contributed by atoms with E-state index >= 15 is 0 Å². The van der Waals surface area contributed by atoms with Crippen LogP contribution in [0.15, 0.2) is 42.5 Å². The van der Waals surface area contributed by atoms with Crippen LogP contribution in [0.5, 0.6) is 0 Å². The van der Waals surface area contributed by atoms with Crippen LogP contribution < -0.4 is 0 Å². The number of hydrogen-bond donors (Lipinski definition) is 0. The molecule has 0 saturated carbocycles. The Labute approximate surface area is 110 Å². The molecule has 0 N–H and O–H groups in total. The van der Waals surface area contributed by atoms with Gasteiger partial charge in [-0.15, -0.1) is 12.3 Å². The van der Waals surface area contributed by atoms with E-state index in [9.17, 15) is 0 Å². The van der Waals surface area contributed by atoms with E-state index in [1.807, 2.05) is 0 Å². The van der Waals surface area contributed by atoms with Crippen molar-refractivity contribution in [3.8, 4) is 12.3 Å². The van der Waals surface area contributed by atoms with Crippen molar-refractivity contribution in [2.24, 2.45) is 0 Å². The van der Waals surface area contributed by atoms with Crippen molar-refractivity contribution in [3.63, 3.8) is 0 Å². The quantitative estimate of drug-likeness (QED) is 0.491. The van der Waals surface area contributed by atoms with Crippen LogP contribution in [0.2, 0.25) is 0 Å². The maximum absolute atomic E-state index is 5.24. The van der Waals surface area contributed by atoms with E-state index in [4.69, 9.17) is 6.42 Å². The highest BCUT2D eigenvalue weighted by Gasteiger charge is 1.96. The van der Waals surface area contributed by atoms with Gasteiger partial charge in [-0.05, 0) is 35.6 Å². The summed E-state index contributed by atoms with van der Waals surface area (Å²) in [4.78, 5) is 0. The molecule has 0 unspecified atom stereocenters. The van der Waals surface area contributed by atoms with Crippen LogP contribution in [-0.4, -0.2) is 0 Å². The Morgan fingerprint density at radius 3 is 2.44 bits per heavy atom. The van der Waals surface area contributed by atoms with Crippen LogP contribution in [0, 0.1) is 12.3 Å². The Bertz CT molecular complexity index is 531. The Kier molecular flexibility index (Phi) is 4.85. The summed E-state index contributed by atoms with van der Waals surface area (Å²) in [6, 6.07) is 15.3. The van der Waals surface area contributed by atoms with Gasteiger partial charge in [0.05, 0.1) is 0 Å². The number of fused-ring (bicyclic) bond motifs is 1. The molecule has 0 amide bonds. The predicted molar refractivity (Wildman–Crippen MR) is 79.6 cm³/mol. The SMILES string of the molecule is C#CCCCCCCc1ccc2ccccc2c1. The van der Waals surface area contributed by atoms with Crippen molar-refractivity contribution < 1.29 is 0 Å². The maximum atomic E-state index is 5.24. The molecule has 0 spiro atoms. The molecule has 0 fully saturated rings. The Balaban J connectivity index is 1.83. The molecule has 2 aromatic carbocycles. The van der Waals surface area contributed by atoms with E-state index in [0.29, 0.717) is 0 Å². The van der Waals surface area contributed by atoms with Crippen molar-refractivity contribution in [2.75, 3.05) is 0 Å². The highest BCUT2D eigenvalue weighted by atomic mass is 14.0. The first kappa shape index (κ1) is 12.7. The normalized spacial score (nSPS) is 10.4. The molecule has 0 nitrogen and oxygen atoms in total. The Hall–Kier alpha value is -1.74. The summed E-state index contributed by atoms with van der Waals surface area (Å²) in [5, 5.41) is 2.68. The van der Waals surface area contributed by atoms with Crippen LogP contribution in [0.25, 0.3) is 10.8 Å². The monoisotopic (exact) mass is 236 g/mol. The summed E-state index contributed by atoms with van der Waals surface area (Å²) in [6.07, 6.45) is 12.3. The number of rotatable bonds is 6. The fraction of sp³-hybridized carbons (Fsp3) is 0.333. The molecule has 0 aliphatic rings. The smallest absolute Gasteiger partial charge is 0.00860 e. The van der Waals surface area contributed by atoms with Gasteiger partial charge in [0.2, 0.25) is 0 Å². The van der Waals surface area contributed by atoms with Crippen LogP contribution >= 0.6 is 0 Å². The molecule has 92 valence electrons. The second-order valence-corrected chi connectivity index (χ2v) is 4.80. The van der Waals surface area contributed by atoms with Crippen LogP contribution in [0.1, 0.15) is 37.7 Å². The third-order valence-corrected chi connectivity index (χ3v) is 3.35. The first-order valence-corrected chi connectivity index (χ1v) is 6.81. The Morgan fingerprint density at radius 1 is 0.833 bits per heavy atom. The molecule has 0 atom stereocenters. The molecule has 2 rings (SSSR count). The first-order chi connectivity index (χ1) is 8.90. The molecule has 0 aliphatic heterocycles. The van der Waals surface area contributed by atoms with Gasteiger partial charge in [0.25, 0.3) is 0 Å². The van der Waals surface area contributed by atoms with Crippen molar-refractivity contribution in [1.82, 2.24) is 0 Å².